The molecule has 5 heterocycles. The lowest BCUT2D eigenvalue weighted by molar-refractivity contribution is -0.841. The number of aliphatic hydroxyl groups is 1. The second kappa shape index (κ2) is 4.70. The van der Waals surface area contributed by atoms with Gasteiger partial charge in [-0.25, -0.2) is 0 Å². The number of nitrogens with one attached hydrogen (secondary N) is 1. The van der Waals surface area contributed by atoms with E-state index in [9.17, 15) is 9.90 Å². The van der Waals surface area contributed by atoms with E-state index in [2.05, 4.69) is 31.0 Å². The molecular formula is C21H27N2O3+. The first-order valence-electron chi connectivity index (χ1n) is 10.1. The van der Waals surface area contributed by atoms with Crippen molar-refractivity contribution in [2.45, 2.75) is 56.0 Å². The number of Topliss-reactive ketones (excluding diaryl/α,β-unsaturated/α-hetero) is 1. The minimum absolute atomic E-state index is 0.116. The Morgan fingerprint density at radius 3 is 2.92 bits per heavy atom. The van der Waals surface area contributed by atoms with Crippen molar-refractivity contribution in [3.8, 4) is 5.75 Å². The molecule has 138 valence electrons. The number of benzene rings is 1. The zero-order valence-corrected chi connectivity index (χ0v) is 15.6. The van der Waals surface area contributed by atoms with E-state index >= 15 is 0 Å². The molecule has 26 heavy (non-hydrogen) atoms. The summed E-state index contributed by atoms with van der Waals surface area (Å²) in [7, 11) is 3.90. The number of rotatable bonds is 2. The molecule has 5 heteroatoms. The fraction of sp³-hybridized carbons (Fsp3) is 0.667. The highest BCUT2D eigenvalue weighted by atomic mass is 16.5. The molecule has 1 aromatic carbocycles. The normalized spacial score (nSPS) is 52.3. The predicted molar refractivity (Wildman–Crippen MR) is 95.4 cm³/mol. The molecule has 1 saturated carbocycles. The van der Waals surface area contributed by atoms with Crippen molar-refractivity contribution in [2.75, 3.05) is 14.2 Å². The van der Waals surface area contributed by atoms with Gasteiger partial charge in [0.05, 0.1) is 20.2 Å². The number of methoxy groups -OCH3 is 1. The van der Waals surface area contributed by atoms with Crippen molar-refractivity contribution in [3.63, 3.8) is 0 Å². The average Bonchev–Trinajstić information content (AvgIpc) is 3.03. The fourth-order valence-corrected chi connectivity index (χ4v) is 7.90. The van der Waals surface area contributed by atoms with E-state index in [1.807, 2.05) is 6.07 Å². The maximum Gasteiger partial charge on any atom is 0.154 e. The summed E-state index contributed by atoms with van der Waals surface area (Å²) < 4.78 is 5.45. The number of nitrogens with zero attached hydrogens (tertiary/aromatic N) is 1. The van der Waals surface area contributed by atoms with Crippen LogP contribution in [0.1, 0.15) is 31.7 Å². The molecule has 7 rings (SSSR count). The predicted octanol–water partition coefficient (Wildman–Crippen LogP) is 0.481. The monoisotopic (exact) mass is 355 g/mol. The van der Waals surface area contributed by atoms with Crippen LogP contribution in [0.3, 0.4) is 0 Å². The Labute approximate surface area is 153 Å². The van der Waals surface area contributed by atoms with Gasteiger partial charge in [0.2, 0.25) is 0 Å². The van der Waals surface area contributed by atoms with E-state index in [-0.39, 0.29) is 35.6 Å². The molecule has 5 bridgehead atoms. The highest BCUT2D eigenvalue weighted by Gasteiger charge is 2.78. The number of quaternary nitrogens is 1. The second-order valence-corrected chi connectivity index (χ2v) is 9.10. The third-order valence-corrected chi connectivity index (χ3v) is 8.65. The zero-order valence-electron chi connectivity index (χ0n) is 15.6. The molecule has 0 radical (unpaired) electrons. The van der Waals surface area contributed by atoms with Gasteiger partial charge in [0.25, 0.3) is 0 Å². The number of ether oxygens (including phenoxy) is 1. The molecular weight excluding hydrogens is 328 g/mol. The van der Waals surface area contributed by atoms with Crippen LogP contribution in [0.2, 0.25) is 0 Å². The van der Waals surface area contributed by atoms with Crippen LogP contribution in [0, 0.1) is 17.8 Å². The number of carbonyl (C=O) groups is 1. The zero-order chi connectivity index (χ0) is 18.0. The summed E-state index contributed by atoms with van der Waals surface area (Å²) in [5.74, 6) is 2.06. The van der Waals surface area contributed by atoms with Crippen molar-refractivity contribution < 1.29 is 19.5 Å². The largest absolute Gasteiger partial charge is 0.497 e. The Kier molecular flexibility index (Phi) is 2.82. The molecule has 5 fully saturated rings. The summed E-state index contributed by atoms with van der Waals surface area (Å²) in [5.41, 5.74) is 2.10. The first-order valence-corrected chi connectivity index (χ1v) is 10.1. The summed E-state index contributed by atoms with van der Waals surface area (Å²) in [6.45, 7) is 2.16. The SMILES string of the molecule is CCC1C2CC3C4[NH+](C)c5cc(OC)ccc5C45CC(C2C5=O)N3C1O. The second-order valence-electron chi connectivity index (χ2n) is 9.10. The van der Waals surface area contributed by atoms with Gasteiger partial charge in [-0.2, -0.15) is 0 Å². The Morgan fingerprint density at radius 2 is 2.19 bits per heavy atom. The highest BCUT2D eigenvalue weighted by molar-refractivity contribution is 5.99. The molecule has 5 aliphatic heterocycles. The van der Waals surface area contributed by atoms with Crippen molar-refractivity contribution in [3.05, 3.63) is 23.8 Å². The van der Waals surface area contributed by atoms with Crippen molar-refractivity contribution in [2.24, 2.45) is 17.8 Å². The van der Waals surface area contributed by atoms with Crippen molar-refractivity contribution in [1.29, 1.82) is 0 Å². The third kappa shape index (κ3) is 1.40. The van der Waals surface area contributed by atoms with Crippen LogP contribution in [0.4, 0.5) is 5.69 Å². The van der Waals surface area contributed by atoms with Crippen LogP contribution in [0.5, 0.6) is 5.75 Å². The lowest BCUT2D eigenvalue weighted by Gasteiger charge is -2.60. The summed E-state index contributed by atoms with van der Waals surface area (Å²) >= 11 is 0. The fourth-order valence-electron chi connectivity index (χ4n) is 7.90. The summed E-state index contributed by atoms with van der Waals surface area (Å²) in [6, 6.07) is 7.03. The van der Waals surface area contributed by atoms with Gasteiger partial charge in [-0.05, 0) is 37.3 Å². The van der Waals surface area contributed by atoms with Crippen LogP contribution in [-0.4, -0.2) is 54.3 Å². The highest BCUT2D eigenvalue weighted by Crippen LogP contribution is 2.64. The number of hydrogen-bond donors (Lipinski definition) is 2. The maximum absolute atomic E-state index is 13.9. The molecule has 1 aliphatic carbocycles. The van der Waals surface area contributed by atoms with Gasteiger partial charge >= 0.3 is 0 Å². The van der Waals surface area contributed by atoms with Crippen molar-refractivity contribution in [1.82, 2.24) is 4.90 Å². The Balaban J connectivity index is 1.57. The molecule has 6 aliphatic rings. The quantitative estimate of drug-likeness (QED) is 0.810. The van der Waals surface area contributed by atoms with Crippen LogP contribution in [0.25, 0.3) is 0 Å². The first-order chi connectivity index (χ1) is 12.5. The molecule has 1 aromatic rings. The van der Waals surface area contributed by atoms with E-state index in [4.69, 9.17) is 4.74 Å². The van der Waals surface area contributed by atoms with Gasteiger partial charge in [-0.1, -0.05) is 6.92 Å². The molecule has 5 nitrogen and oxygen atoms in total. The number of ketones is 1. The summed E-state index contributed by atoms with van der Waals surface area (Å²) in [6.07, 6.45) is 2.54. The van der Waals surface area contributed by atoms with Gasteiger partial charge in [-0.3, -0.25) is 14.6 Å². The molecule has 10 atom stereocenters. The number of piperidine rings is 4. The molecule has 10 unspecified atom stereocenters. The average molecular weight is 355 g/mol. The summed E-state index contributed by atoms with van der Waals surface area (Å²) in [4.78, 5) is 17.6. The van der Waals surface area contributed by atoms with E-state index in [1.54, 1.807) is 7.11 Å². The lowest BCUT2D eigenvalue weighted by Crippen LogP contribution is -3.11. The molecule has 4 saturated heterocycles. The van der Waals surface area contributed by atoms with Gasteiger partial charge in [-0.15, -0.1) is 0 Å². The maximum atomic E-state index is 13.9. The van der Waals surface area contributed by atoms with Gasteiger partial charge in [0.15, 0.2) is 5.78 Å². The van der Waals surface area contributed by atoms with Crippen molar-refractivity contribution >= 4 is 11.5 Å². The van der Waals surface area contributed by atoms with Crippen LogP contribution in [-0.2, 0) is 10.2 Å². The van der Waals surface area contributed by atoms with Gasteiger partial charge in [0.1, 0.15) is 29.1 Å². The Bertz CT molecular complexity index is 825. The van der Waals surface area contributed by atoms with Crippen LogP contribution < -0.4 is 9.64 Å². The van der Waals surface area contributed by atoms with Gasteiger partial charge in [0, 0.05) is 29.5 Å². The van der Waals surface area contributed by atoms with E-state index in [1.165, 1.54) is 16.2 Å². The number of carbonyl (C=O) groups excluding carboxylic acids is 1. The molecule has 2 N–H and O–H groups in total. The molecule has 0 amide bonds. The van der Waals surface area contributed by atoms with Crippen LogP contribution >= 0.6 is 0 Å². The van der Waals surface area contributed by atoms with E-state index in [0.717, 1.165) is 25.0 Å². The van der Waals surface area contributed by atoms with E-state index in [0.29, 0.717) is 17.7 Å². The lowest BCUT2D eigenvalue weighted by atomic mass is 9.62. The first kappa shape index (κ1) is 15.6. The standard InChI is InChI=1S/C21H26N2O3/c1-4-11-12-8-15-18-21(9-16(17(12)19(21)24)23(15)20(11)25)13-6-5-10(26-3)7-14(13)22(18)2/h5-7,11-12,15-18,20,25H,4,8-9H2,1-3H3/p+1. The Morgan fingerprint density at radius 1 is 1.38 bits per heavy atom. The van der Waals surface area contributed by atoms with Crippen LogP contribution in [0.15, 0.2) is 18.2 Å². The molecule has 0 aromatic heterocycles. The third-order valence-electron chi connectivity index (χ3n) is 8.65. The number of aliphatic hydroxyl groups excluding tert-OH is 1. The number of fused-ring (bicyclic) bond motifs is 2. The minimum Gasteiger partial charge on any atom is -0.497 e. The molecule has 1 spiro atoms. The topological polar surface area (TPSA) is 54.2 Å². The number of likely N-dealkylation sites (N-methyl/N-ethyl adjacent to an activating group) is 1. The van der Waals surface area contributed by atoms with E-state index < -0.39 is 0 Å². The minimum atomic E-state index is -0.375. The number of hydrogen-bond acceptors (Lipinski definition) is 4. The smallest absolute Gasteiger partial charge is 0.154 e. The van der Waals surface area contributed by atoms with Gasteiger partial charge < -0.3 is 9.84 Å². The Hall–Kier alpha value is -1.43. The summed E-state index contributed by atoms with van der Waals surface area (Å²) in [5, 5.41) is 11.1.